The maximum Gasteiger partial charge on any atom is 0.270 e. The fraction of sp³-hybridized carbons (Fsp3) is 0.125. The summed E-state index contributed by atoms with van der Waals surface area (Å²) in [6.07, 6.45) is 30.8. The largest absolute Gasteiger partial charge is 0.481 e. The molecule has 39 heteroatoms. The number of rotatable bonds is 32. The normalized spacial score (nSPS) is 10.6. The Kier molecular flexibility index (Phi) is 38.0. The molecule has 0 radical (unpaired) electrons. The van der Waals surface area contributed by atoms with Crippen LogP contribution >= 0.6 is 80.6 Å². The third-order valence-corrected chi connectivity index (χ3v) is 23.2. The van der Waals surface area contributed by atoms with Gasteiger partial charge in [0.25, 0.3) is 5.92 Å². The zero-order valence-electron chi connectivity index (χ0n) is 76.8. The van der Waals surface area contributed by atoms with E-state index in [1.807, 2.05) is 84.9 Å². The number of benzene rings is 6. The Labute approximate surface area is 851 Å². The highest BCUT2D eigenvalue weighted by Gasteiger charge is 2.26. The van der Waals surface area contributed by atoms with Gasteiger partial charge < -0.3 is 33.5 Å². The van der Waals surface area contributed by atoms with Crippen molar-refractivity contribution in [3.8, 4) is 51.9 Å². The van der Waals surface area contributed by atoms with Crippen molar-refractivity contribution in [3.05, 3.63) is 426 Å². The first kappa shape index (κ1) is 104. The molecule has 0 atom stereocenters. The number of methoxy groups -OCH3 is 1. The number of pyridine rings is 5. The molecule has 0 aliphatic heterocycles. The van der Waals surface area contributed by atoms with Gasteiger partial charge in [0.05, 0.1) is 125 Å². The minimum atomic E-state index is -3.00. The molecule has 0 fully saturated rings. The number of thiazole rings is 2. The number of hydrogen-bond donors (Lipinski definition) is 0. The van der Waals surface area contributed by atoms with Crippen molar-refractivity contribution in [3.63, 3.8) is 0 Å². The second kappa shape index (κ2) is 52.2. The van der Waals surface area contributed by atoms with Crippen molar-refractivity contribution in [2.75, 3.05) is 31.0 Å². The molecule has 0 amide bonds. The fourth-order valence-electron chi connectivity index (χ4n) is 12.9. The van der Waals surface area contributed by atoms with Gasteiger partial charge in [0.2, 0.25) is 5.88 Å². The van der Waals surface area contributed by atoms with Gasteiger partial charge in [0.15, 0.2) is 46.2 Å². The lowest BCUT2D eigenvalue weighted by molar-refractivity contribution is 0.0172. The first-order valence-corrected chi connectivity index (χ1v) is 47.1. The van der Waals surface area contributed by atoms with Crippen molar-refractivity contribution in [1.29, 1.82) is 0 Å². The van der Waals surface area contributed by atoms with Crippen molar-refractivity contribution in [2.45, 2.75) is 65.2 Å². The molecule has 143 heavy (non-hydrogen) atoms. The van der Waals surface area contributed by atoms with Gasteiger partial charge in [-0.25, -0.2) is 68.6 Å². The molecule has 30 nitrogen and oxygen atoms in total. The quantitative estimate of drug-likeness (QED) is 0.0353. The summed E-state index contributed by atoms with van der Waals surface area (Å²) in [6, 6.07) is 54.7. The number of ether oxygens (including phenoxy) is 5. The molecular weight excluding hydrogens is 1970 g/mol. The van der Waals surface area contributed by atoms with Gasteiger partial charge >= 0.3 is 0 Å². The number of alkyl halides is 2. The van der Waals surface area contributed by atoms with Crippen LogP contribution in [0.3, 0.4) is 0 Å². The first-order chi connectivity index (χ1) is 69.1. The summed E-state index contributed by atoms with van der Waals surface area (Å²) in [5.74, 6) is 1.81. The van der Waals surface area contributed by atoms with E-state index in [0.717, 1.165) is 50.4 Å². The van der Waals surface area contributed by atoms with Gasteiger partial charge in [-0.3, -0.25) is 48.7 Å². The molecule has 0 saturated heterocycles. The second-order valence-electron chi connectivity index (χ2n) is 30.6. The van der Waals surface area contributed by atoms with Crippen LogP contribution in [0, 0.1) is 13.8 Å². The molecule has 18 rings (SSSR count). The fourth-order valence-corrected chi connectivity index (χ4v) is 15.9. The number of anilines is 4. The van der Waals surface area contributed by atoms with Crippen LogP contribution in [0.5, 0.6) is 51.9 Å². The minimum absolute atomic E-state index is 0.00668. The van der Waals surface area contributed by atoms with Gasteiger partial charge in [-0.15, -0.1) is 22.7 Å². The average Bonchev–Trinajstić information content (AvgIpc) is 1.82. The Hall–Kier alpha value is -16.2. The molecule has 0 bridgehead atoms. The number of aryl methyl sites for hydroxylation is 2. The van der Waals surface area contributed by atoms with Crippen LogP contribution in [0.2, 0.25) is 20.1 Å². The van der Waals surface area contributed by atoms with Gasteiger partial charge in [-0.1, -0.05) is 82.8 Å². The Morgan fingerprint density at radius 2 is 0.776 bits per heavy atom. The second-order valence-corrected chi connectivity index (χ2v) is 35.1. The number of Topliss-reactive ketones (excluding diaryl/α,β-unsaturated/α-hetero) is 6. The van der Waals surface area contributed by atoms with E-state index in [4.69, 9.17) is 70.1 Å². The van der Waals surface area contributed by atoms with E-state index in [0.29, 0.717) is 117 Å². The van der Waals surface area contributed by atoms with E-state index in [-0.39, 0.29) is 90.0 Å². The van der Waals surface area contributed by atoms with Gasteiger partial charge in [-0.2, -0.15) is 4.37 Å². The smallest absolute Gasteiger partial charge is 0.270 e. The third kappa shape index (κ3) is 33.3. The van der Waals surface area contributed by atoms with Crippen LogP contribution in [-0.2, 0) is 44.4 Å². The van der Waals surface area contributed by atoms with Crippen LogP contribution in [0.4, 0.5) is 31.5 Å². The van der Waals surface area contributed by atoms with Crippen molar-refractivity contribution in [1.82, 2.24) is 84.1 Å². The number of nitrogens with zero attached hydrogens (tertiary/aromatic N) is 19. The predicted molar refractivity (Wildman–Crippen MR) is 542 cm³/mol. The van der Waals surface area contributed by atoms with E-state index in [1.165, 1.54) is 115 Å². The Morgan fingerprint density at radius 1 is 0.350 bits per heavy atom. The van der Waals surface area contributed by atoms with Gasteiger partial charge in [-0.05, 0) is 177 Å². The summed E-state index contributed by atoms with van der Waals surface area (Å²) in [5, 5.41) is 7.86. The van der Waals surface area contributed by atoms with Crippen LogP contribution in [0.15, 0.2) is 323 Å². The van der Waals surface area contributed by atoms with Crippen LogP contribution in [0.1, 0.15) is 118 Å². The summed E-state index contributed by atoms with van der Waals surface area (Å²) in [5.41, 5.74) is 8.62. The molecule has 720 valence electrons. The lowest BCUT2D eigenvalue weighted by atomic mass is 10.0. The SMILES string of the molecule is CC(F)(F)c1ccnc(CC(=O)c2cc(Cl)cc(Oc3cncnc3)c2)c1.CN(c1cncnc1)c1cc(Cl)cc(C(=O)Cc2nccs2)c1.COc1cccc(CC(=O)c2cccc(Oc3cccnc3)c2)n1.Cc1csc(CC(=O)c2cc(Cl)cc(N(C)c3cncnc3)c2)n1.Cc1nsc(CC(=O)c2cccc(Oc3cccnc3)c2)n1.O=C(Cc1ccccn1)c1cc(Cl)cc(Oc2cncnc2)c1. The highest BCUT2D eigenvalue weighted by atomic mass is 35.5. The van der Waals surface area contributed by atoms with Crippen LogP contribution in [0.25, 0.3) is 0 Å². The highest BCUT2D eigenvalue weighted by molar-refractivity contribution is 7.10. The van der Waals surface area contributed by atoms with E-state index in [2.05, 4.69) is 84.1 Å². The summed E-state index contributed by atoms with van der Waals surface area (Å²) in [7, 11) is 5.30. The minimum Gasteiger partial charge on any atom is -0.481 e. The molecule has 0 unspecified atom stereocenters. The number of halogens is 6. The van der Waals surface area contributed by atoms with E-state index in [1.54, 1.807) is 203 Å². The molecule has 6 aromatic carbocycles. The number of ketones is 6. The monoisotopic (exact) mass is 2050 g/mol. The van der Waals surface area contributed by atoms with Crippen molar-refractivity contribution >= 4 is 138 Å². The van der Waals surface area contributed by atoms with Crippen molar-refractivity contribution < 1.29 is 61.2 Å². The molecule has 18 aromatic rings. The molecular formula is C104H83Cl4F2N19O11S3. The Balaban J connectivity index is 0.000000144. The Bertz CT molecular complexity index is 7310. The highest BCUT2D eigenvalue weighted by Crippen LogP contribution is 2.35. The molecule has 0 aliphatic carbocycles. The predicted octanol–water partition coefficient (Wildman–Crippen LogP) is 23.6. The maximum atomic E-state index is 13.5. The molecule has 0 aliphatic rings. The number of aromatic nitrogens is 17. The van der Waals surface area contributed by atoms with Gasteiger partial charge in [0, 0.05) is 156 Å². The summed E-state index contributed by atoms with van der Waals surface area (Å²) in [6.45, 7) is 4.52. The maximum absolute atomic E-state index is 13.5. The summed E-state index contributed by atoms with van der Waals surface area (Å²) >= 11 is 28.8. The lowest BCUT2D eigenvalue weighted by Crippen LogP contribution is -2.12. The Morgan fingerprint density at radius 3 is 1.24 bits per heavy atom. The van der Waals surface area contributed by atoms with Gasteiger partial charge in [0.1, 0.15) is 80.7 Å². The molecule has 12 aromatic heterocycles. The summed E-state index contributed by atoms with van der Waals surface area (Å²) < 4.78 is 58.7. The summed E-state index contributed by atoms with van der Waals surface area (Å²) in [4.78, 5) is 143. The number of carbonyl (C=O) groups excluding carboxylic acids is 6. The molecule has 0 spiro atoms. The van der Waals surface area contributed by atoms with E-state index in [9.17, 15) is 37.5 Å². The number of carbonyl (C=O) groups is 6. The van der Waals surface area contributed by atoms with Crippen LogP contribution in [-0.4, -0.2) is 140 Å². The third-order valence-electron chi connectivity index (χ3n) is 19.8. The molecule has 0 N–H and O–H groups in total. The zero-order valence-corrected chi connectivity index (χ0v) is 82.3. The average molecular weight is 2050 g/mol. The van der Waals surface area contributed by atoms with Crippen molar-refractivity contribution in [2.24, 2.45) is 0 Å². The molecule has 12 heterocycles. The first-order valence-electron chi connectivity index (χ1n) is 43.0. The standard InChI is InChI=1S/C19H14ClF2N3O2.C19H16N2O3.C17H15ClN4OS.C17H12ClN3O2.C16H13ClN4OS.C16H13N3O2S/c1-19(21,22)13-2-3-25-15(6-13)8-18(26)12-4-14(20)7-16(5-12)27-17-9-23-11-24-10-17;1-23-19-9-3-6-15(21-19)12-18(22)14-5-2-7-16(11-14)24-17-8-4-10-20-13-17;1-11-9-24-17(21-11)6-16(23)12-3-13(18)5-14(4-12)22(2)15-7-19-10-20-8-15;18-13-5-12(17(22)8-14-3-1-2-4-21-14)6-15(7-13)23-16-9-19-11-20-10-16;1-21(14-8-18-10-19-9-14)13-5-11(4-12(17)6-13)15(22)7-16-20-2-3-23-16;1-11-18-16(22-19-11)9-15(20)12-4-2-5-13(8-12)21-14-6-3-7-17-10-14/h2-7,9-11H,8H2,1H3;2-11,13H,12H2,1H3;3-5,7-10H,6H2,1-2H3;1-7,9-11H,8H2;2-6,8-10H,7H2,1H3;2-8,10H,9H2,1H3. The molecule has 0 saturated carbocycles. The zero-order chi connectivity index (χ0) is 101. The van der Waals surface area contributed by atoms with Crippen LogP contribution < -0.4 is 33.5 Å². The van der Waals surface area contributed by atoms with E-state index >= 15 is 0 Å². The lowest BCUT2D eigenvalue weighted by Gasteiger charge is -2.19. The number of hydrogen-bond acceptors (Lipinski definition) is 33. The van der Waals surface area contributed by atoms with E-state index < -0.39 is 5.92 Å². The topological polar surface area (TPSA) is 374 Å².